The molecule has 2 unspecified atom stereocenters. The molecule has 1 aromatic carbocycles. The monoisotopic (exact) mass is 278 g/mol. The van der Waals surface area contributed by atoms with Crippen molar-refractivity contribution in [1.82, 2.24) is 5.32 Å². The zero-order valence-corrected chi connectivity index (χ0v) is 12.0. The zero-order valence-electron chi connectivity index (χ0n) is 12.0. The normalized spacial score (nSPS) is 22.9. The van der Waals surface area contributed by atoms with Crippen molar-refractivity contribution in [3.63, 3.8) is 0 Å². The summed E-state index contributed by atoms with van der Waals surface area (Å²) in [5.74, 6) is 0.505. The first-order valence-electron chi connectivity index (χ1n) is 7.15. The number of para-hydroxylation sites is 1. The van der Waals surface area contributed by atoms with E-state index < -0.39 is 0 Å². The van der Waals surface area contributed by atoms with Crippen LogP contribution in [0.25, 0.3) is 0 Å². The fourth-order valence-corrected chi connectivity index (χ4v) is 2.57. The molecule has 0 amide bonds. The molecule has 0 spiro atoms. The molecule has 1 aliphatic rings. The van der Waals surface area contributed by atoms with Gasteiger partial charge in [-0.3, -0.25) is 10.1 Å². The molecule has 0 aromatic heterocycles. The molecule has 20 heavy (non-hydrogen) atoms. The molecule has 1 aliphatic heterocycles. The highest BCUT2D eigenvalue weighted by molar-refractivity contribution is 5.39. The van der Waals surface area contributed by atoms with Crippen LogP contribution in [0.3, 0.4) is 0 Å². The smallest absolute Gasteiger partial charge is 0.273 e. The van der Waals surface area contributed by atoms with Crippen LogP contribution in [0.2, 0.25) is 0 Å². The molecule has 1 N–H and O–H groups in total. The van der Waals surface area contributed by atoms with Crippen LogP contribution >= 0.6 is 0 Å². The molecule has 110 valence electrons. The van der Waals surface area contributed by atoms with E-state index in [0.717, 1.165) is 25.0 Å². The van der Waals surface area contributed by atoms with E-state index in [0.29, 0.717) is 18.5 Å². The van der Waals surface area contributed by atoms with Crippen LogP contribution in [-0.2, 0) is 11.3 Å². The minimum Gasteiger partial charge on any atom is -0.378 e. The van der Waals surface area contributed by atoms with E-state index in [9.17, 15) is 10.1 Å². The summed E-state index contributed by atoms with van der Waals surface area (Å²) in [5.41, 5.74) is 0.928. The Kier molecular flexibility index (Phi) is 5.09. The highest BCUT2D eigenvalue weighted by Gasteiger charge is 2.25. The Morgan fingerprint density at radius 3 is 2.90 bits per heavy atom. The third-order valence-corrected chi connectivity index (χ3v) is 3.83. The van der Waals surface area contributed by atoms with E-state index in [2.05, 4.69) is 19.2 Å². The fourth-order valence-electron chi connectivity index (χ4n) is 2.57. The van der Waals surface area contributed by atoms with Crippen LogP contribution in [0.5, 0.6) is 0 Å². The van der Waals surface area contributed by atoms with Gasteiger partial charge in [0.15, 0.2) is 0 Å². The third kappa shape index (κ3) is 3.77. The van der Waals surface area contributed by atoms with Crippen molar-refractivity contribution < 1.29 is 9.66 Å². The van der Waals surface area contributed by atoms with Gasteiger partial charge in [-0.2, -0.15) is 0 Å². The van der Waals surface area contributed by atoms with Gasteiger partial charge in [-0.25, -0.2) is 0 Å². The van der Waals surface area contributed by atoms with Gasteiger partial charge < -0.3 is 10.1 Å². The Morgan fingerprint density at radius 1 is 1.45 bits per heavy atom. The van der Waals surface area contributed by atoms with Crippen molar-refractivity contribution in [3.8, 4) is 0 Å². The zero-order chi connectivity index (χ0) is 14.5. The molecule has 0 radical (unpaired) electrons. The molecular formula is C15H22N2O3. The number of ether oxygens (including phenoxy) is 1. The van der Waals surface area contributed by atoms with Crippen molar-refractivity contribution in [2.24, 2.45) is 5.92 Å². The fraction of sp³-hybridized carbons (Fsp3) is 0.600. The van der Waals surface area contributed by atoms with E-state index >= 15 is 0 Å². The first kappa shape index (κ1) is 14.9. The summed E-state index contributed by atoms with van der Waals surface area (Å²) < 4.78 is 5.74. The molecule has 0 bridgehead atoms. The highest BCUT2D eigenvalue weighted by Crippen LogP contribution is 2.22. The summed E-state index contributed by atoms with van der Waals surface area (Å²) in [6.07, 6.45) is 2.22. The summed E-state index contributed by atoms with van der Waals surface area (Å²) >= 11 is 0. The SMILES string of the molecule is CC(C)C1CC(NCc2ccccc2[N+](=O)[O-])CCO1. The Labute approximate surface area is 119 Å². The van der Waals surface area contributed by atoms with Gasteiger partial charge in [-0.1, -0.05) is 32.0 Å². The molecular weight excluding hydrogens is 256 g/mol. The largest absolute Gasteiger partial charge is 0.378 e. The average molecular weight is 278 g/mol. The number of hydrogen-bond acceptors (Lipinski definition) is 4. The Balaban J connectivity index is 1.94. The maximum atomic E-state index is 11.0. The predicted molar refractivity (Wildman–Crippen MR) is 77.5 cm³/mol. The summed E-state index contributed by atoms with van der Waals surface area (Å²) in [4.78, 5) is 10.7. The summed E-state index contributed by atoms with van der Waals surface area (Å²) in [6.45, 7) is 5.62. The minimum atomic E-state index is -0.322. The van der Waals surface area contributed by atoms with Crippen LogP contribution in [0.1, 0.15) is 32.3 Å². The lowest BCUT2D eigenvalue weighted by Crippen LogP contribution is -2.40. The molecule has 2 atom stereocenters. The first-order chi connectivity index (χ1) is 9.58. The number of rotatable bonds is 5. The number of nitrogens with zero attached hydrogens (tertiary/aromatic N) is 1. The Bertz CT molecular complexity index is 462. The van der Waals surface area contributed by atoms with Crippen molar-refractivity contribution in [3.05, 3.63) is 39.9 Å². The van der Waals surface area contributed by atoms with Gasteiger partial charge in [0.1, 0.15) is 0 Å². The third-order valence-electron chi connectivity index (χ3n) is 3.83. The number of hydrogen-bond donors (Lipinski definition) is 1. The maximum absolute atomic E-state index is 11.0. The van der Waals surface area contributed by atoms with Crippen molar-refractivity contribution >= 4 is 5.69 Å². The molecule has 1 fully saturated rings. The second-order valence-corrected chi connectivity index (χ2v) is 5.64. The van der Waals surface area contributed by atoms with Crippen LogP contribution in [0, 0.1) is 16.0 Å². The van der Waals surface area contributed by atoms with E-state index in [1.54, 1.807) is 12.1 Å². The van der Waals surface area contributed by atoms with Crippen molar-refractivity contribution in [2.75, 3.05) is 6.61 Å². The molecule has 0 aliphatic carbocycles. The molecule has 5 nitrogen and oxygen atoms in total. The number of nitrogens with one attached hydrogen (secondary N) is 1. The van der Waals surface area contributed by atoms with Gasteiger partial charge in [-0.15, -0.1) is 0 Å². The molecule has 1 heterocycles. The second-order valence-electron chi connectivity index (χ2n) is 5.64. The van der Waals surface area contributed by atoms with Crippen molar-refractivity contribution in [1.29, 1.82) is 0 Å². The lowest BCUT2D eigenvalue weighted by molar-refractivity contribution is -0.385. The second kappa shape index (κ2) is 6.81. The Morgan fingerprint density at radius 2 is 2.20 bits per heavy atom. The summed E-state index contributed by atoms with van der Waals surface area (Å²) in [7, 11) is 0. The highest BCUT2D eigenvalue weighted by atomic mass is 16.6. The van der Waals surface area contributed by atoms with E-state index in [1.165, 1.54) is 0 Å². The molecule has 1 aromatic rings. The lowest BCUT2D eigenvalue weighted by Gasteiger charge is -2.32. The number of nitro benzene ring substituents is 1. The topological polar surface area (TPSA) is 64.4 Å². The standard InChI is InChI=1S/C15H22N2O3/c1-11(2)15-9-13(7-8-20-15)16-10-12-5-3-4-6-14(12)17(18)19/h3-6,11,13,15-16H,7-10H2,1-2H3. The molecule has 5 heteroatoms. The van der Waals surface area contributed by atoms with Gasteiger partial charge in [0, 0.05) is 30.8 Å². The number of nitro groups is 1. The van der Waals surface area contributed by atoms with Crippen LogP contribution in [0.15, 0.2) is 24.3 Å². The quantitative estimate of drug-likeness (QED) is 0.664. The summed E-state index contributed by atoms with van der Waals surface area (Å²) in [6, 6.07) is 7.27. The molecule has 2 rings (SSSR count). The van der Waals surface area contributed by atoms with Gasteiger partial charge in [0.2, 0.25) is 0 Å². The van der Waals surface area contributed by atoms with Gasteiger partial charge >= 0.3 is 0 Å². The summed E-state index contributed by atoms with van der Waals surface area (Å²) in [5, 5.41) is 14.4. The van der Waals surface area contributed by atoms with E-state index in [1.807, 2.05) is 12.1 Å². The van der Waals surface area contributed by atoms with Crippen LogP contribution < -0.4 is 5.32 Å². The minimum absolute atomic E-state index is 0.187. The number of benzene rings is 1. The Hall–Kier alpha value is -1.46. The van der Waals surface area contributed by atoms with E-state index in [-0.39, 0.29) is 16.7 Å². The van der Waals surface area contributed by atoms with Crippen molar-refractivity contribution in [2.45, 2.75) is 45.4 Å². The first-order valence-corrected chi connectivity index (χ1v) is 7.15. The van der Waals surface area contributed by atoms with Gasteiger partial charge in [-0.05, 0) is 18.8 Å². The average Bonchev–Trinajstić information content (AvgIpc) is 2.45. The van der Waals surface area contributed by atoms with Gasteiger partial charge in [0.25, 0.3) is 5.69 Å². The van der Waals surface area contributed by atoms with E-state index in [4.69, 9.17) is 4.74 Å². The van der Waals surface area contributed by atoms with Gasteiger partial charge in [0.05, 0.1) is 11.0 Å². The maximum Gasteiger partial charge on any atom is 0.273 e. The van der Waals surface area contributed by atoms with Crippen LogP contribution in [0.4, 0.5) is 5.69 Å². The molecule has 1 saturated heterocycles. The van der Waals surface area contributed by atoms with Crippen LogP contribution in [-0.4, -0.2) is 23.7 Å². The lowest BCUT2D eigenvalue weighted by atomic mass is 9.95. The molecule has 0 saturated carbocycles. The predicted octanol–water partition coefficient (Wildman–Crippen LogP) is 2.89.